The number of benzene rings is 2. The topological polar surface area (TPSA) is 74.4 Å². The van der Waals surface area contributed by atoms with Crippen molar-refractivity contribution in [3.63, 3.8) is 0 Å². The summed E-state index contributed by atoms with van der Waals surface area (Å²) < 4.78 is 8.47. The Kier molecular flexibility index (Phi) is 5.80. The molecule has 0 N–H and O–H groups in total. The minimum Gasteiger partial charge on any atom is -0.456 e. The van der Waals surface area contributed by atoms with Crippen LogP contribution in [0.4, 0.5) is 0 Å². The lowest BCUT2D eigenvalue weighted by atomic mass is 10.0. The molecule has 1 fully saturated rings. The molecule has 5 heterocycles. The van der Waals surface area contributed by atoms with Crippen LogP contribution in [0.5, 0.6) is 11.5 Å². The van der Waals surface area contributed by atoms with Crippen molar-refractivity contribution < 1.29 is 9.53 Å². The van der Waals surface area contributed by atoms with Gasteiger partial charge >= 0.3 is 0 Å². The number of thiophene rings is 1. The lowest BCUT2D eigenvalue weighted by Gasteiger charge is -2.35. The summed E-state index contributed by atoms with van der Waals surface area (Å²) in [7, 11) is 0. The van der Waals surface area contributed by atoms with Gasteiger partial charge in [-0.1, -0.05) is 12.1 Å². The fraction of sp³-hybridized carbons (Fsp3) is 0.250. The molecule has 2 aromatic carbocycles. The highest BCUT2D eigenvalue weighted by molar-refractivity contribution is 7.08. The van der Waals surface area contributed by atoms with Crippen molar-refractivity contribution in [2.45, 2.75) is 26.6 Å². The Morgan fingerprint density at radius 3 is 2.78 bits per heavy atom. The molecule has 8 heteroatoms. The molecule has 1 saturated heterocycles. The zero-order valence-electron chi connectivity index (χ0n) is 20.0. The Labute approximate surface area is 213 Å². The summed E-state index contributed by atoms with van der Waals surface area (Å²) in [5.74, 6) is 2.21. The SMILES string of the molecule is Cc1ncc2n1Cc1ccc(C#N)c(c1)Oc1ccc(-c3ccsc3)c(c1)CN1CCN(CC1=O)C2. The minimum absolute atomic E-state index is 0.121. The molecule has 0 spiro atoms. The van der Waals surface area contributed by atoms with E-state index in [0.29, 0.717) is 49.8 Å². The van der Waals surface area contributed by atoms with E-state index >= 15 is 0 Å². The lowest BCUT2D eigenvalue weighted by molar-refractivity contribution is -0.136. The van der Waals surface area contributed by atoms with Gasteiger partial charge < -0.3 is 14.2 Å². The van der Waals surface area contributed by atoms with Crippen LogP contribution in [0.2, 0.25) is 0 Å². The molecule has 3 aliphatic heterocycles. The second-order valence-corrected chi connectivity index (χ2v) is 10.1. The van der Waals surface area contributed by atoms with Crippen LogP contribution in [0.25, 0.3) is 11.1 Å². The molecule has 7 rings (SSSR count). The highest BCUT2D eigenvalue weighted by Gasteiger charge is 2.26. The van der Waals surface area contributed by atoms with E-state index in [2.05, 4.69) is 37.3 Å². The summed E-state index contributed by atoms with van der Waals surface area (Å²) in [6.07, 6.45) is 1.90. The zero-order valence-corrected chi connectivity index (χ0v) is 20.8. The maximum absolute atomic E-state index is 13.2. The monoisotopic (exact) mass is 495 g/mol. The number of rotatable bonds is 1. The molecule has 1 amide bonds. The highest BCUT2D eigenvalue weighted by atomic mass is 32.1. The van der Waals surface area contributed by atoms with Gasteiger partial charge in [-0.2, -0.15) is 16.6 Å². The quantitative estimate of drug-likeness (QED) is 0.380. The standard InChI is InChI=1S/C28H25N5O2S/c1-19-30-13-24-16-31-7-8-32(28(34)17-31)15-23-11-25(4-5-26(23)22-6-9-36-18-22)35-27-10-20(14-33(19)24)2-3-21(27)12-29/h2-6,9-11,13,18H,7-8,14-17H2,1H3. The second-order valence-electron chi connectivity index (χ2n) is 9.28. The van der Waals surface area contributed by atoms with E-state index in [-0.39, 0.29) is 5.91 Å². The fourth-order valence-corrected chi connectivity index (χ4v) is 5.62. The number of amides is 1. The van der Waals surface area contributed by atoms with Crippen LogP contribution >= 0.6 is 11.3 Å². The third-order valence-corrected chi connectivity index (χ3v) is 7.61. The van der Waals surface area contributed by atoms with E-state index in [1.54, 1.807) is 11.3 Å². The summed E-state index contributed by atoms with van der Waals surface area (Å²) in [6.45, 7) is 5.63. The molecule has 1 atom stereocenters. The first kappa shape index (κ1) is 22.5. The number of fused-ring (bicyclic) bond motifs is 2. The number of aryl methyl sites for hydroxylation is 1. The van der Waals surface area contributed by atoms with Crippen LogP contribution in [0.15, 0.2) is 59.4 Å². The van der Waals surface area contributed by atoms with E-state index in [0.717, 1.165) is 40.3 Å². The largest absolute Gasteiger partial charge is 0.456 e. The molecule has 0 aliphatic carbocycles. The summed E-state index contributed by atoms with van der Waals surface area (Å²) in [5, 5.41) is 13.9. The Morgan fingerprint density at radius 1 is 1.06 bits per heavy atom. The molecule has 36 heavy (non-hydrogen) atoms. The number of hydrogen-bond acceptors (Lipinski definition) is 6. The maximum atomic E-state index is 13.2. The molecule has 1 unspecified atom stereocenters. The van der Waals surface area contributed by atoms with Crippen LogP contribution in [0, 0.1) is 18.3 Å². The Balaban J connectivity index is 1.47. The average molecular weight is 496 g/mol. The number of nitriles is 1. The van der Waals surface area contributed by atoms with Gasteiger partial charge in [-0.15, -0.1) is 0 Å². The summed E-state index contributed by atoms with van der Waals surface area (Å²) in [6, 6.07) is 16.1. The van der Waals surface area contributed by atoms with Crippen molar-refractivity contribution in [3.05, 3.63) is 87.6 Å². The van der Waals surface area contributed by atoms with Crippen LogP contribution in [-0.4, -0.2) is 44.9 Å². The summed E-state index contributed by atoms with van der Waals surface area (Å²) in [4.78, 5) is 21.9. The molecule has 0 saturated carbocycles. The van der Waals surface area contributed by atoms with Gasteiger partial charge in [0.05, 0.1) is 17.8 Å². The van der Waals surface area contributed by atoms with E-state index in [1.807, 2.05) is 54.4 Å². The molecule has 6 bridgehead atoms. The van der Waals surface area contributed by atoms with E-state index in [4.69, 9.17) is 4.74 Å². The molecule has 2 aromatic heterocycles. The van der Waals surface area contributed by atoms with Gasteiger partial charge in [0, 0.05) is 38.9 Å². The van der Waals surface area contributed by atoms with Gasteiger partial charge in [0.15, 0.2) is 0 Å². The van der Waals surface area contributed by atoms with Gasteiger partial charge in [0.25, 0.3) is 0 Å². The Hall–Kier alpha value is -3.93. The minimum atomic E-state index is 0.121. The van der Waals surface area contributed by atoms with E-state index in [1.165, 1.54) is 0 Å². The predicted molar refractivity (Wildman–Crippen MR) is 138 cm³/mol. The molecular formula is C28H25N5O2S. The van der Waals surface area contributed by atoms with Gasteiger partial charge in [0.1, 0.15) is 23.4 Å². The Morgan fingerprint density at radius 2 is 1.97 bits per heavy atom. The maximum Gasteiger partial charge on any atom is 0.237 e. The molecule has 3 aliphatic rings. The fourth-order valence-electron chi connectivity index (χ4n) is 4.97. The molecule has 7 nitrogen and oxygen atoms in total. The van der Waals surface area contributed by atoms with Crippen molar-refractivity contribution in [1.82, 2.24) is 19.4 Å². The summed E-state index contributed by atoms with van der Waals surface area (Å²) in [5.41, 5.74) is 5.82. The summed E-state index contributed by atoms with van der Waals surface area (Å²) >= 11 is 1.65. The van der Waals surface area contributed by atoms with Gasteiger partial charge in [-0.25, -0.2) is 4.98 Å². The number of hydrogen-bond donors (Lipinski definition) is 0. The van der Waals surface area contributed by atoms with Crippen LogP contribution < -0.4 is 4.74 Å². The van der Waals surface area contributed by atoms with Crippen LogP contribution in [0.1, 0.15) is 28.2 Å². The van der Waals surface area contributed by atoms with Crippen molar-refractivity contribution in [2.75, 3.05) is 19.6 Å². The second kappa shape index (κ2) is 9.26. The normalized spacial score (nSPS) is 17.4. The number of imidazole rings is 1. The average Bonchev–Trinajstić information content (AvgIpc) is 3.52. The number of aromatic nitrogens is 2. The van der Waals surface area contributed by atoms with Crippen LogP contribution in [0.3, 0.4) is 0 Å². The molecular weight excluding hydrogens is 470 g/mol. The number of carbonyl (C=O) groups is 1. The predicted octanol–water partition coefficient (Wildman–Crippen LogP) is 4.79. The van der Waals surface area contributed by atoms with Crippen molar-refractivity contribution in [1.29, 1.82) is 5.26 Å². The number of nitrogens with zero attached hydrogens (tertiary/aromatic N) is 5. The van der Waals surface area contributed by atoms with E-state index in [9.17, 15) is 10.1 Å². The first-order chi connectivity index (χ1) is 17.6. The van der Waals surface area contributed by atoms with Gasteiger partial charge in [-0.05, 0) is 70.3 Å². The van der Waals surface area contributed by atoms with Crippen molar-refractivity contribution in [2.24, 2.45) is 0 Å². The molecule has 4 aromatic rings. The van der Waals surface area contributed by atoms with Gasteiger partial charge in [-0.3, -0.25) is 9.69 Å². The van der Waals surface area contributed by atoms with Crippen LogP contribution in [-0.2, 0) is 24.4 Å². The number of carbonyl (C=O) groups excluding carboxylic acids is 1. The molecule has 0 radical (unpaired) electrons. The molecule has 180 valence electrons. The highest BCUT2D eigenvalue weighted by Crippen LogP contribution is 2.34. The van der Waals surface area contributed by atoms with Crippen molar-refractivity contribution in [3.8, 4) is 28.7 Å². The first-order valence-electron chi connectivity index (χ1n) is 11.9. The third kappa shape index (κ3) is 4.28. The number of piperazine rings is 1. The zero-order chi connectivity index (χ0) is 24.6. The lowest BCUT2D eigenvalue weighted by Crippen LogP contribution is -2.49. The van der Waals surface area contributed by atoms with E-state index < -0.39 is 0 Å². The third-order valence-electron chi connectivity index (χ3n) is 6.93. The smallest absolute Gasteiger partial charge is 0.237 e. The van der Waals surface area contributed by atoms with Crippen molar-refractivity contribution >= 4 is 17.2 Å². The number of ether oxygens (including phenoxy) is 1. The van der Waals surface area contributed by atoms with Gasteiger partial charge in [0.2, 0.25) is 5.91 Å². The Bertz CT molecular complexity index is 1480. The first-order valence-corrected chi connectivity index (χ1v) is 12.9.